The number of amides is 1. The molecule has 0 aromatic heterocycles. The first-order valence-corrected chi connectivity index (χ1v) is 8.32. The summed E-state index contributed by atoms with van der Waals surface area (Å²) in [6.45, 7) is 5.17. The fraction of sp³-hybridized carbons (Fsp3) is 0.611. The Morgan fingerprint density at radius 1 is 1.24 bits per heavy atom. The smallest absolute Gasteiger partial charge is 0.241 e. The number of hydrogen-bond donors (Lipinski definition) is 1. The molecule has 2 fully saturated rings. The van der Waals surface area contributed by atoms with Crippen LogP contribution < -0.4 is 5.32 Å². The third-order valence-corrected chi connectivity index (χ3v) is 4.79. The van der Waals surface area contributed by atoms with Gasteiger partial charge in [0.1, 0.15) is 6.17 Å². The average Bonchev–Trinajstić information content (AvgIpc) is 3.25. The fourth-order valence-electron chi connectivity index (χ4n) is 3.29. The largest absolute Gasteiger partial charge is 0.322 e. The van der Waals surface area contributed by atoms with Crippen LogP contribution in [0.5, 0.6) is 0 Å². The third kappa shape index (κ3) is 3.13. The summed E-state index contributed by atoms with van der Waals surface area (Å²) >= 11 is 0. The summed E-state index contributed by atoms with van der Waals surface area (Å²) in [5.74, 6) is 1.16. The van der Waals surface area contributed by atoms with Gasteiger partial charge in [0.25, 0.3) is 0 Å². The summed E-state index contributed by atoms with van der Waals surface area (Å²) in [4.78, 5) is 14.8. The van der Waals surface area contributed by atoms with Crippen LogP contribution in [0.2, 0.25) is 0 Å². The van der Waals surface area contributed by atoms with Crippen molar-refractivity contribution in [3.05, 3.63) is 35.4 Å². The van der Waals surface area contributed by atoms with Gasteiger partial charge in [-0.3, -0.25) is 10.1 Å². The highest BCUT2D eigenvalue weighted by Crippen LogP contribution is 2.35. The Morgan fingerprint density at radius 2 is 2.00 bits per heavy atom. The monoisotopic (exact) mass is 286 g/mol. The van der Waals surface area contributed by atoms with E-state index in [4.69, 9.17) is 0 Å². The molecule has 2 aliphatic rings. The van der Waals surface area contributed by atoms with E-state index in [1.165, 1.54) is 24.0 Å². The van der Waals surface area contributed by atoms with Crippen molar-refractivity contribution >= 4 is 5.91 Å². The standard InChI is InChI=1S/C18H26N2O/c1-3-6-16-18(21)20(12-11-14-9-10-14)17(19-16)15-8-5-4-7-13(15)2/h4-5,7-8,14,16-17,19H,3,6,9-12H2,1-2H3. The van der Waals surface area contributed by atoms with Crippen molar-refractivity contribution in [2.45, 2.75) is 58.2 Å². The van der Waals surface area contributed by atoms with Crippen LogP contribution in [0.1, 0.15) is 56.3 Å². The maximum atomic E-state index is 12.7. The maximum absolute atomic E-state index is 12.7. The van der Waals surface area contributed by atoms with E-state index in [1.54, 1.807) is 0 Å². The van der Waals surface area contributed by atoms with Crippen molar-refractivity contribution in [1.82, 2.24) is 10.2 Å². The highest BCUT2D eigenvalue weighted by Gasteiger charge is 2.39. The van der Waals surface area contributed by atoms with Gasteiger partial charge in [0.05, 0.1) is 6.04 Å². The summed E-state index contributed by atoms with van der Waals surface area (Å²) in [6, 6.07) is 8.42. The molecule has 21 heavy (non-hydrogen) atoms. The van der Waals surface area contributed by atoms with Crippen molar-refractivity contribution in [3.63, 3.8) is 0 Å². The molecule has 1 aromatic carbocycles. The molecular weight excluding hydrogens is 260 g/mol. The SMILES string of the molecule is CCCC1NC(c2ccccc2C)N(CCC2CC2)C1=O. The Kier molecular flexibility index (Phi) is 4.29. The second-order valence-corrected chi connectivity index (χ2v) is 6.53. The summed E-state index contributed by atoms with van der Waals surface area (Å²) < 4.78 is 0. The predicted molar refractivity (Wildman–Crippen MR) is 84.8 cm³/mol. The molecule has 2 atom stereocenters. The molecule has 3 rings (SSSR count). The molecule has 2 unspecified atom stereocenters. The first kappa shape index (κ1) is 14.6. The molecule has 0 spiro atoms. The van der Waals surface area contributed by atoms with Gasteiger partial charge in [-0.1, -0.05) is 50.5 Å². The lowest BCUT2D eigenvalue weighted by atomic mass is 10.1. The number of nitrogens with one attached hydrogen (secondary N) is 1. The normalized spacial score (nSPS) is 25.6. The second-order valence-electron chi connectivity index (χ2n) is 6.53. The lowest BCUT2D eigenvalue weighted by Crippen LogP contribution is -2.32. The van der Waals surface area contributed by atoms with Crippen molar-refractivity contribution in [2.75, 3.05) is 6.54 Å². The van der Waals surface area contributed by atoms with E-state index in [0.29, 0.717) is 5.91 Å². The van der Waals surface area contributed by atoms with Gasteiger partial charge < -0.3 is 4.90 Å². The van der Waals surface area contributed by atoms with Crippen LogP contribution in [0.4, 0.5) is 0 Å². The van der Waals surface area contributed by atoms with Crippen molar-refractivity contribution in [2.24, 2.45) is 5.92 Å². The van der Waals surface area contributed by atoms with E-state index in [9.17, 15) is 4.79 Å². The first-order valence-electron chi connectivity index (χ1n) is 8.32. The molecule has 1 aliphatic heterocycles. The van der Waals surface area contributed by atoms with Gasteiger partial charge in [0.2, 0.25) is 5.91 Å². The number of aryl methyl sites for hydroxylation is 1. The van der Waals surface area contributed by atoms with E-state index in [2.05, 4.69) is 48.3 Å². The molecular formula is C18H26N2O. The number of benzene rings is 1. The van der Waals surface area contributed by atoms with Crippen molar-refractivity contribution < 1.29 is 4.79 Å². The van der Waals surface area contributed by atoms with Crippen molar-refractivity contribution in [1.29, 1.82) is 0 Å². The zero-order valence-electron chi connectivity index (χ0n) is 13.1. The van der Waals surface area contributed by atoms with Gasteiger partial charge in [-0.25, -0.2) is 0 Å². The predicted octanol–water partition coefficient (Wildman–Crippen LogP) is 3.39. The lowest BCUT2D eigenvalue weighted by Gasteiger charge is -2.25. The van der Waals surface area contributed by atoms with Crippen LogP contribution in [0.3, 0.4) is 0 Å². The molecule has 1 amide bonds. The molecule has 114 valence electrons. The van der Waals surface area contributed by atoms with E-state index in [0.717, 1.165) is 31.7 Å². The summed E-state index contributed by atoms with van der Waals surface area (Å²) in [6.07, 6.45) is 5.90. The van der Waals surface area contributed by atoms with Crippen LogP contribution >= 0.6 is 0 Å². The van der Waals surface area contributed by atoms with Crippen LogP contribution in [0.25, 0.3) is 0 Å². The van der Waals surface area contributed by atoms with E-state index in [1.807, 2.05) is 0 Å². The van der Waals surface area contributed by atoms with E-state index >= 15 is 0 Å². The van der Waals surface area contributed by atoms with Gasteiger partial charge in [0, 0.05) is 6.54 Å². The van der Waals surface area contributed by atoms with Gasteiger partial charge in [-0.05, 0) is 36.8 Å². The molecule has 3 heteroatoms. The molecule has 1 aromatic rings. The Balaban J connectivity index is 1.80. The molecule has 3 nitrogen and oxygen atoms in total. The average molecular weight is 286 g/mol. The zero-order chi connectivity index (χ0) is 14.8. The summed E-state index contributed by atoms with van der Waals surface area (Å²) in [5.41, 5.74) is 2.51. The molecule has 1 heterocycles. The molecule has 1 saturated carbocycles. The van der Waals surface area contributed by atoms with Gasteiger partial charge in [0.15, 0.2) is 0 Å². The first-order chi connectivity index (χ1) is 10.2. The molecule has 0 bridgehead atoms. The fourth-order valence-corrected chi connectivity index (χ4v) is 3.29. The quantitative estimate of drug-likeness (QED) is 0.869. The van der Waals surface area contributed by atoms with Crippen LogP contribution in [-0.2, 0) is 4.79 Å². The van der Waals surface area contributed by atoms with Crippen LogP contribution in [0.15, 0.2) is 24.3 Å². The molecule has 1 aliphatic carbocycles. The highest BCUT2D eigenvalue weighted by atomic mass is 16.2. The molecule has 0 radical (unpaired) electrons. The number of carbonyl (C=O) groups excluding carboxylic acids is 1. The highest BCUT2D eigenvalue weighted by molar-refractivity contribution is 5.84. The topological polar surface area (TPSA) is 32.3 Å². The summed E-state index contributed by atoms with van der Waals surface area (Å²) in [5, 5.41) is 3.57. The summed E-state index contributed by atoms with van der Waals surface area (Å²) in [7, 11) is 0. The van der Waals surface area contributed by atoms with Gasteiger partial charge >= 0.3 is 0 Å². The Labute approximate surface area is 127 Å². The molecule has 1 saturated heterocycles. The minimum Gasteiger partial charge on any atom is -0.322 e. The molecule has 1 N–H and O–H groups in total. The Hall–Kier alpha value is -1.35. The number of hydrogen-bond acceptors (Lipinski definition) is 2. The Morgan fingerprint density at radius 3 is 2.67 bits per heavy atom. The van der Waals surface area contributed by atoms with Gasteiger partial charge in [-0.15, -0.1) is 0 Å². The minimum absolute atomic E-state index is 0.00110. The van der Waals surface area contributed by atoms with Crippen molar-refractivity contribution in [3.8, 4) is 0 Å². The van der Waals surface area contributed by atoms with Gasteiger partial charge in [-0.2, -0.15) is 0 Å². The number of carbonyl (C=O) groups is 1. The minimum atomic E-state index is -0.00110. The maximum Gasteiger partial charge on any atom is 0.241 e. The zero-order valence-corrected chi connectivity index (χ0v) is 13.1. The number of rotatable bonds is 6. The van der Waals surface area contributed by atoms with E-state index < -0.39 is 0 Å². The lowest BCUT2D eigenvalue weighted by molar-refractivity contribution is -0.130. The third-order valence-electron chi connectivity index (χ3n) is 4.79. The Bertz CT molecular complexity index is 510. The van der Waals surface area contributed by atoms with Crippen LogP contribution in [0, 0.1) is 12.8 Å². The van der Waals surface area contributed by atoms with E-state index in [-0.39, 0.29) is 12.2 Å². The van der Waals surface area contributed by atoms with Crippen LogP contribution in [-0.4, -0.2) is 23.4 Å². The second kappa shape index (κ2) is 6.18. The number of nitrogens with zero attached hydrogens (tertiary/aromatic N) is 1.